The Morgan fingerprint density at radius 3 is 2.91 bits per heavy atom. The van der Waals surface area contributed by atoms with E-state index in [1.807, 2.05) is 0 Å². The van der Waals surface area contributed by atoms with E-state index in [9.17, 15) is 4.79 Å². The maximum atomic E-state index is 10.7. The predicted molar refractivity (Wildman–Crippen MR) is 44.3 cm³/mol. The monoisotopic (exact) mass is 156 g/mol. The van der Waals surface area contributed by atoms with E-state index >= 15 is 0 Å². The minimum absolute atomic E-state index is 0.0868. The molecular formula is C8H16N2O. The Morgan fingerprint density at radius 2 is 2.36 bits per heavy atom. The van der Waals surface area contributed by atoms with Gasteiger partial charge in [0.05, 0.1) is 0 Å². The highest BCUT2D eigenvalue weighted by Gasteiger charge is 2.20. The number of nitrogens with one attached hydrogen (secondary N) is 2. The van der Waals surface area contributed by atoms with Crippen LogP contribution in [0.3, 0.4) is 0 Å². The Morgan fingerprint density at radius 1 is 1.64 bits per heavy atom. The number of carbonyl (C=O) groups is 1. The Kier molecular flexibility index (Phi) is 2.88. The predicted octanol–water partition coefficient (Wildman–Crippen LogP) is 0.120. The van der Waals surface area contributed by atoms with Crippen molar-refractivity contribution in [3.63, 3.8) is 0 Å². The lowest BCUT2D eigenvalue weighted by Crippen LogP contribution is -2.47. The third-order valence-electron chi connectivity index (χ3n) is 2.17. The molecule has 1 saturated heterocycles. The van der Waals surface area contributed by atoms with Crippen LogP contribution in [0.15, 0.2) is 0 Å². The fourth-order valence-electron chi connectivity index (χ4n) is 1.49. The molecule has 1 aliphatic rings. The molecule has 11 heavy (non-hydrogen) atoms. The molecule has 1 fully saturated rings. The van der Waals surface area contributed by atoms with Gasteiger partial charge in [0.1, 0.15) is 0 Å². The molecule has 2 N–H and O–H groups in total. The van der Waals surface area contributed by atoms with Crippen LogP contribution in [0.2, 0.25) is 0 Å². The molecule has 0 saturated carbocycles. The summed E-state index contributed by atoms with van der Waals surface area (Å²) >= 11 is 0. The fraction of sp³-hybridized carbons (Fsp3) is 0.875. The first-order chi connectivity index (χ1) is 5.20. The molecule has 2 unspecified atom stereocenters. The zero-order valence-corrected chi connectivity index (χ0v) is 7.18. The summed E-state index contributed by atoms with van der Waals surface area (Å²) in [5, 5.41) is 6.24. The molecule has 3 heteroatoms. The highest BCUT2D eigenvalue weighted by Crippen LogP contribution is 2.09. The van der Waals surface area contributed by atoms with Crippen molar-refractivity contribution in [3.8, 4) is 0 Å². The third kappa shape index (κ3) is 2.50. The summed E-state index contributed by atoms with van der Waals surface area (Å²) in [6, 6.07) is 0.383. The van der Waals surface area contributed by atoms with E-state index in [1.165, 1.54) is 0 Å². The summed E-state index contributed by atoms with van der Waals surface area (Å²) in [6.07, 6.45) is 1.06. The summed E-state index contributed by atoms with van der Waals surface area (Å²) in [5.74, 6) is 0.649. The number of hydrogen-bond donors (Lipinski definition) is 2. The van der Waals surface area contributed by atoms with E-state index < -0.39 is 0 Å². The highest BCUT2D eigenvalue weighted by molar-refractivity contribution is 5.73. The van der Waals surface area contributed by atoms with Gasteiger partial charge in [-0.05, 0) is 25.4 Å². The maximum Gasteiger partial charge on any atom is 0.217 e. The molecule has 2 atom stereocenters. The summed E-state index contributed by atoms with van der Waals surface area (Å²) in [6.45, 7) is 5.78. The van der Waals surface area contributed by atoms with Crippen molar-refractivity contribution < 1.29 is 4.79 Å². The molecule has 0 aromatic carbocycles. The van der Waals surface area contributed by atoms with Gasteiger partial charge in [-0.25, -0.2) is 0 Å². The van der Waals surface area contributed by atoms with Crippen LogP contribution in [0.4, 0.5) is 0 Å². The molecule has 0 spiro atoms. The zero-order valence-electron chi connectivity index (χ0n) is 7.18. The van der Waals surface area contributed by atoms with Gasteiger partial charge < -0.3 is 10.6 Å². The molecule has 3 nitrogen and oxygen atoms in total. The van der Waals surface area contributed by atoms with Gasteiger partial charge in [0.2, 0.25) is 5.91 Å². The van der Waals surface area contributed by atoms with Crippen molar-refractivity contribution in [1.29, 1.82) is 0 Å². The molecule has 1 amide bonds. The van der Waals surface area contributed by atoms with E-state index in [2.05, 4.69) is 17.6 Å². The Hall–Kier alpha value is -0.570. The fourth-order valence-corrected chi connectivity index (χ4v) is 1.49. The summed E-state index contributed by atoms with van der Waals surface area (Å²) in [5.41, 5.74) is 0. The lowest BCUT2D eigenvalue weighted by atomic mass is 9.95. The number of rotatable bonds is 1. The molecule has 0 radical (unpaired) electrons. The van der Waals surface area contributed by atoms with Crippen LogP contribution in [0, 0.1) is 5.92 Å². The van der Waals surface area contributed by atoms with E-state index in [0.717, 1.165) is 19.5 Å². The van der Waals surface area contributed by atoms with Crippen LogP contribution in [0.25, 0.3) is 0 Å². The van der Waals surface area contributed by atoms with Crippen LogP contribution in [0.1, 0.15) is 20.3 Å². The van der Waals surface area contributed by atoms with Crippen molar-refractivity contribution in [3.05, 3.63) is 0 Å². The topological polar surface area (TPSA) is 41.1 Å². The van der Waals surface area contributed by atoms with Gasteiger partial charge in [-0.3, -0.25) is 4.79 Å². The Bertz CT molecular complexity index is 147. The average Bonchev–Trinajstić information content (AvgIpc) is 1.93. The molecule has 0 aromatic rings. The second-order valence-electron chi connectivity index (χ2n) is 3.28. The van der Waals surface area contributed by atoms with Crippen LogP contribution in [0.5, 0.6) is 0 Å². The van der Waals surface area contributed by atoms with Gasteiger partial charge in [-0.1, -0.05) is 6.92 Å². The number of piperidine rings is 1. The Labute approximate surface area is 67.5 Å². The number of hydrogen-bond acceptors (Lipinski definition) is 2. The summed E-state index contributed by atoms with van der Waals surface area (Å²) in [7, 11) is 0. The highest BCUT2D eigenvalue weighted by atomic mass is 16.1. The van der Waals surface area contributed by atoms with Crippen molar-refractivity contribution in [2.75, 3.05) is 13.1 Å². The molecule has 0 aliphatic carbocycles. The van der Waals surface area contributed by atoms with Crippen molar-refractivity contribution >= 4 is 5.91 Å². The van der Waals surface area contributed by atoms with Crippen molar-refractivity contribution in [1.82, 2.24) is 10.6 Å². The van der Waals surface area contributed by atoms with Gasteiger partial charge >= 0.3 is 0 Å². The molecule has 0 bridgehead atoms. The van der Waals surface area contributed by atoms with Crippen LogP contribution < -0.4 is 10.6 Å². The largest absolute Gasteiger partial charge is 0.353 e. The molecule has 1 rings (SSSR count). The molecule has 1 aliphatic heterocycles. The van der Waals surface area contributed by atoms with E-state index in [-0.39, 0.29) is 5.91 Å². The van der Waals surface area contributed by atoms with Crippen LogP contribution in [-0.4, -0.2) is 25.0 Å². The smallest absolute Gasteiger partial charge is 0.217 e. The van der Waals surface area contributed by atoms with Gasteiger partial charge in [-0.15, -0.1) is 0 Å². The second-order valence-corrected chi connectivity index (χ2v) is 3.28. The van der Waals surface area contributed by atoms with Gasteiger partial charge in [-0.2, -0.15) is 0 Å². The first-order valence-electron chi connectivity index (χ1n) is 4.18. The molecule has 0 aromatic heterocycles. The lowest BCUT2D eigenvalue weighted by molar-refractivity contribution is -0.120. The molecular weight excluding hydrogens is 140 g/mol. The van der Waals surface area contributed by atoms with Gasteiger partial charge in [0.15, 0.2) is 0 Å². The third-order valence-corrected chi connectivity index (χ3v) is 2.17. The van der Waals surface area contributed by atoms with Crippen molar-refractivity contribution in [2.45, 2.75) is 26.3 Å². The Balaban J connectivity index is 2.35. The first kappa shape index (κ1) is 8.53. The minimum atomic E-state index is 0.0868. The molecule has 1 heterocycles. The second kappa shape index (κ2) is 3.72. The van der Waals surface area contributed by atoms with E-state index in [4.69, 9.17) is 0 Å². The van der Waals surface area contributed by atoms with Crippen LogP contribution >= 0.6 is 0 Å². The normalized spacial score (nSPS) is 31.5. The van der Waals surface area contributed by atoms with Gasteiger partial charge in [0.25, 0.3) is 0 Å². The SMILES string of the molecule is CC(=O)NC1CCNCC1C. The summed E-state index contributed by atoms with van der Waals surface area (Å²) in [4.78, 5) is 10.7. The van der Waals surface area contributed by atoms with Crippen LogP contribution in [-0.2, 0) is 4.79 Å². The number of amides is 1. The lowest BCUT2D eigenvalue weighted by Gasteiger charge is -2.29. The molecule has 64 valence electrons. The average molecular weight is 156 g/mol. The van der Waals surface area contributed by atoms with E-state index in [0.29, 0.717) is 12.0 Å². The maximum absolute atomic E-state index is 10.7. The van der Waals surface area contributed by atoms with E-state index in [1.54, 1.807) is 6.92 Å². The first-order valence-corrected chi connectivity index (χ1v) is 4.18. The number of carbonyl (C=O) groups excluding carboxylic acids is 1. The standard InChI is InChI=1S/C8H16N2O/c1-6-5-9-4-3-8(6)10-7(2)11/h6,8-9H,3-5H2,1-2H3,(H,10,11). The zero-order chi connectivity index (χ0) is 8.27. The minimum Gasteiger partial charge on any atom is -0.353 e. The van der Waals surface area contributed by atoms with Gasteiger partial charge in [0, 0.05) is 13.0 Å². The quantitative estimate of drug-likeness (QED) is 0.566. The summed E-state index contributed by atoms with van der Waals surface area (Å²) < 4.78 is 0. The van der Waals surface area contributed by atoms with Crippen molar-refractivity contribution in [2.24, 2.45) is 5.92 Å².